The van der Waals surface area contributed by atoms with Crippen LogP contribution in [0.2, 0.25) is 0 Å². The van der Waals surface area contributed by atoms with Gasteiger partial charge in [-0.2, -0.15) is 0 Å². The first-order valence-electron chi connectivity index (χ1n) is 12.4. The van der Waals surface area contributed by atoms with Gasteiger partial charge in [0.05, 0.1) is 5.69 Å². The van der Waals surface area contributed by atoms with Gasteiger partial charge >= 0.3 is 0 Å². The standard InChI is InChI=1S/C32H26N2O4S/c1-21-17-24(18-22(2)29(21)37-20-23-9-5-3-6-10-23)19-28-30(35)33-32(39)34(31(28)36)25-13-15-27(16-14-25)38-26-11-7-4-8-12-26/h3-19H,20H2,1-2H3,(H,33,35,39)/b28-19+. The molecule has 2 amide bonds. The average molecular weight is 535 g/mol. The molecular formula is C32H26N2O4S. The summed E-state index contributed by atoms with van der Waals surface area (Å²) in [6.45, 7) is 4.34. The van der Waals surface area contributed by atoms with Crippen molar-refractivity contribution in [2.75, 3.05) is 4.90 Å². The highest BCUT2D eigenvalue weighted by molar-refractivity contribution is 7.80. The average Bonchev–Trinajstić information content (AvgIpc) is 2.92. The topological polar surface area (TPSA) is 67.9 Å². The first-order chi connectivity index (χ1) is 18.9. The zero-order valence-corrected chi connectivity index (χ0v) is 22.3. The van der Waals surface area contributed by atoms with Gasteiger partial charge in [0.2, 0.25) is 0 Å². The molecule has 0 unspecified atom stereocenters. The Morgan fingerprint density at radius 1 is 0.821 bits per heavy atom. The Morgan fingerprint density at radius 3 is 2.05 bits per heavy atom. The second-order valence-electron chi connectivity index (χ2n) is 9.12. The van der Waals surface area contributed by atoms with E-state index in [1.54, 1.807) is 30.3 Å². The third-order valence-electron chi connectivity index (χ3n) is 6.20. The minimum atomic E-state index is -0.537. The third kappa shape index (κ3) is 5.89. The van der Waals surface area contributed by atoms with Crippen LogP contribution < -0.4 is 19.7 Å². The molecule has 6 nitrogen and oxygen atoms in total. The van der Waals surface area contributed by atoms with Crippen molar-refractivity contribution in [2.45, 2.75) is 20.5 Å². The number of aryl methyl sites for hydroxylation is 2. The number of ether oxygens (including phenoxy) is 2. The van der Waals surface area contributed by atoms with Gasteiger partial charge in [-0.05, 0) is 103 Å². The summed E-state index contributed by atoms with van der Waals surface area (Å²) >= 11 is 5.34. The SMILES string of the molecule is Cc1cc(/C=C2\C(=O)NC(=S)N(c3ccc(Oc4ccccc4)cc3)C2=O)cc(C)c1OCc1ccccc1. The molecule has 0 aliphatic carbocycles. The predicted molar refractivity (Wildman–Crippen MR) is 156 cm³/mol. The summed E-state index contributed by atoms with van der Waals surface area (Å²) in [5.74, 6) is 1.06. The number of para-hydroxylation sites is 1. The minimum Gasteiger partial charge on any atom is -0.488 e. The number of thiocarbonyl (C=S) groups is 1. The van der Waals surface area contributed by atoms with Gasteiger partial charge in [0.25, 0.3) is 11.8 Å². The van der Waals surface area contributed by atoms with Crippen molar-refractivity contribution in [1.29, 1.82) is 0 Å². The first-order valence-corrected chi connectivity index (χ1v) is 12.8. The number of hydrogen-bond acceptors (Lipinski definition) is 5. The van der Waals surface area contributed by atoms with Crippen LogP contribution in [0.5, 0.6) is 17.2 Å². The van der Waals surface area contributed by atoms with E-state index < -0.39 is 11.8 Å². The lowest BCUT2D eigenvalue weighted by Crippen LogP contribution is -2.54. The largest absolute Gasteiger partial charge is 0.488 e. The van der Waals surface area contributed by atoms with E-state index in [2.05, 4.69) is 5.32 Å². The van der Waals surface area contributed by atoms with Crippen molar-refractivity contribution in [1.82, 2.24) is 5.32 Å². The summed E-state index contributed by atoms with van der Waals surface area (Å²) in [6, 6.07) is 30.1. The lowest BCUT2D eigenvalue weighted by Gasteiger charge is -2.29. The molecule has 0 aromatic heterocycles. The molecule has 4 aromatic rings. The number of nitrogens with one attached hydrogen (secondary N) is 1. The van der Waals surface area contributed by atoms with E-state index in [1.807, 2.05) is 86.6 Å². The van der Waals surface area contributed by atoms with Crippen LogP contribution in [0.1, 0.15) is 22.3 Å². The highest BCUT2D eigenvalue weighted by Gasteiger charge is 2.34. The molecule has 1 N–H and O–H groups in total. The molecule has 194 valence electrons. The van der Waals surface area contributed by atoms with Crippen molar-refractivity contribution >= 4 is 40.9 Å². The molecule has 0 atom stereocenters. The molecule has 1 heterocycles. The molecule has 0 bridgehead atoms. The van der Waals surface area contributed by atoms with E-state index in [-0.39, 0.29) is 10.7 Å². The van der Waals surface area contributed by atoms with Crippen LogP contribution in [0.25, 0.3) is 6.08 Å². The maximum absolute atomic E-state index is 13.5. The molecule has 0 saturated carbocycles. The molecule has 1 fully saturated rings. The normalized spacial score (nSPS) is 14.4. The Bertz CT molecular complexity index is 1540. The molecule has 39 heavy (non-hydrogen) atoms. The number of hydrogen-bond donors (Lipinski definition) is 1. The highest BCUT2D eigenvalue weighted by Crippen LogP contribution is 2.29. The van der Waals surface area contributed by atoms with Gasteiger partial charge in [-0.3, -0.25) is 19.8 Å². The monoisotopic (exact) mass is 534 g/mol. The van der Waals surface area contributed by atoms with Gasteiger partial charge in [0.15, 0.2) is 5.11 Å². The second kappa shape index (κ2) is 11.3. The van der Waals surface area contributed by atoms with Crippen molar-refractivity contribution < 1.29 is 19.1 Å². The van der Waals surface area contributed by atoms with E-state index >= 15 is 0 Å². The molecule has 4 aromatic carbocycles. The van der Waals surface area contributed by atoms with E-state index in [4.69, 9.17) is 21.7 Å². The lowest BCUT2D eigenvalue weighted by molar-refractivity contribution is -0.122. The zero-order chi connectivity index (χ0) is 27.4. The van der Waals surface area contributed by atoms with E-state index in [0.717, 1.165) is 28.0 Å². The fourth-order valence-electron chi connectivity index (χ4n) is 4.37. The maximum Gasteiger partial charge on any atom is 0.270 e. The summed E-state index contributed by atoms with van der Waals surface area (Å²) in [6.07, 6.45) is 1.58. The highest BCUT2D eigenvalue weighted by atomic mass is 32.1. The fourth-order valence-corrected chi connectivity index (χ4v) is 4.65. The van der Waals surface area contributed by atoms with Crippen LogP contribution in [0.15, 0.2) is 103 Å². The number of carbonyl (C=O) groups is 2. The van der Waals surface area contributed by atoms with Crippen LogP contribution in [-0.4, -0.2) is 16.9 Å². The quantitative estimate of drug-likeness (QED) is 0.166. The van der Waals surface area contributed by atoms with Crippen LogP contribution in [0.4, 0.5) is 5.69 Å². The van der Waals surface area contributed by atoms with Crippen LogP contribution in [0, 0.1) is 13.8 Å². The van der Waals surface area contributed by atoms with Gasteiger partial charge in [-0.25, -0.2) is 0 Å². The number of amides is 2. The van der Waals surface area contributed by atoms with Crippen LogP contribution >= 0.6 is 12.2 Å². The molecule has 5 rings (SSSR count). The molecule has 7 heteroatoms. The fraction of sp³-hybridized carbons (Fsp3) is 0.0938. The minimum absolute atomic E-state index is 0.00929. The van der Waals surface area contributed by atoms with Crippen molar-refractivity contribution in [2.24, 2.45) is 0 Å². The van der Waals surface area contributed by atoms with E-state index in [9.17, 15) is 9.59 Å². The van der Waals surface area contributed by atoms with Gasteiger partial charge in [-0.15, -0.1) is 0 Å². The number of anilines is 1. The second-order valence-corrected chi connectivity index (χ2v) is 9.51. The summed E-state index contributed by atoms with van der Waals surface area (Å²) in [7, 11) is 0. The summed E-state index contributed by atoms with van der Waals surface area (Å²) in [5.41, 5.74) is 4.11. The van der Waals surface area contributed by atoms with Crippen LogP contribution in [0.3, 0.4) is 0 Å². The van der Waals surface area contributed by atoms with Crippen molar-refractivity contribution in [3.8, 4) is 17.2 Å². The molecule has 0 spiro atoms. The molecule has 1 aliphatic heterocycles. The third-order valence-corrected chi connectivity index (χ3v) is 6.48. The molecule has 1 saturated heterocycles. The van der Waals surface area contributed by atoms with Crippen molar-refractivity contribution in [3.05, 3.63) is 125 Å². The Balaban J connectivity index is 1.36. The zero-order valence-electron chi connectivity index (χ0n) is 21.5. The van der Waals surface area contributed by atoms with E-state index in [0.29, 0.717) is 23.8 Å². The Kier molecular flexibility index (Phi) is 7.52. The van der Waals surface area contributed by atoms with Gasteiger partial charge in [0, 0.05) is 0 Å². The smallest absolute Gasteiger partial charge is 0.270 e. The Labute approximate surface area is 232 Å². The van der Waals surface area contributed by atoms with E-state index in [1.165, 1.54) is 4.90 Å². The van der Waals surface area contributed by atoms with Crippen LogP contribution in [-0.2, 0) is 16.2 Å². The number of benzene rings is 4. The van der Waals surface area contributed by atoms with Gasteiger partial charge < -0.3 is 9.47 Å². The van der Waals surface area contributed by atoms with Gasteiger partial charge in [-0.1, -0.05) is 48.5 Å². The predicted octanol–water partition coefficient (Wildman–Crippen LogP) is 6.51. The molecular weight excluding hydrogens is 508 g/mol. The maximum atomic E-state index is 13.5. The molecule has 0 radical (unpaired) electrons. The summed E-state index contributed by atoms with van der Waals surface area (Å²) in [4.78, 5) is 27.6. The number of nitrogens with zero attached hydrogens (tertiary/aromatic N) is 1. The number of rotatable bonds is 7. The Morgan fingerprint density at radius 2 is 1.41 bits per heavy atom. The first kappa shape index (κ1) is 25.9. The van der Waals surface area contributed by atoms with Crippen molar-refractivity contribution in [3.63, 3.8) is 0 Å². The molecule has 1 aliphatic rings. The lowest BCUT2D eigenvalue weighted by atomic mass is 10.0. The van der Waals surface area contributed by atoms with Gasteiger partial charge in [0.1, 0.15) is 29.4 Å². The number of carbonyl (C=O) groups excluding carboxylic acids is 2. The summed E-state index contributed by atoms with van der Waals surface area (Å²) in [5, 5.41) is 2.66. The Hall–Kier alpha value is -4.75. The summed E-state index contributed by atoms with van der Waals surface area (Å²) < 4.78 is 11.9.